The molecule has 0 aliphatic heterocycles. The molecule has 0 fully saturated rings. The van der Waals surface area contributed by atoms with Crippen molar-refractivity contribution < 1.29 is 19.0 Å². The van der Waals surface area contributed by atoms with E-state index in [4.69, 9.17) is 31.5 Å². The fourth-order valence-electron chi connectivity index (χ4n) is 1.49. The van der Waals surface area contributed by atoms with Crippen molar-refractivity contribution in [3.8, 4) is 0 Å². The highest BCUT2D eigenvalue weighted by atomic mass is 35.5. The van der Waals surface area contributed by atoms with Gasteiger partial charge >= 0.3 is 6.09 Å². The summed E-state index contributed by atoms with van der Waals surface area (Å²) in [6.07, 6.45) is -0.907. The summed E-state index contributed by atoms with van der Waals surface area (Å²) in [7, 11) is 1.53. The third kappa shape index (κ3) is 4.91. The molecule has 0 saturated carbocycles. The Morgan fingerprint density at radius 2 is 2.17 bits per heavy atom. The van der Waals surface area contributed by atoms with E-state index >= 15 is 0 Å². The molecule has 1 unspecified atom stereocenters. The minimum absolute atomic E-state index is 0.186. The minimum Gasteiger partial charge on any atom is -0.441 e. The van der Waals surface area contributed by atoms with Gasteiger partial charge in [0.1, 0.15) is 12.9 Å². The van der Waals surface area contributed by atoms with E-state index in [0.717, 1.165) is 0 Å². The van der Waals surface area contributed by atoms with E-state index < -0.39 is 12.2 Å². The van der Waals surface area contributed by atoms with E-state index in [1.807, 2.05) is 6.07 Å². The average Bonchev–Trinajstić information content (AvgIpc) is 2.33. The topological polar surface area (TPSA) is 70.8 Å². The first-order chi connectivity index (χ1) is 8.65. The molecule has 0 saturated heterocycles. The third-order valence-corrected chi connectivity index (χ3v) is 2.58. The molecule has 0 bridgehead atoms. The van der Waals surface area contributed by atoms with Crippen molar-refractivity contribution in [3.63, 3.8) is 0 Å². The van der Waals surface area contributed by atoms with E-state index in [-0.39, 0.29) is 6.79 Å². The van der Waals surface area contributed by atoms with Crippen molar-refractivity contribution in [1.29, 1.82) is 0 Å². The predicted molar refractivity (Wildman–Crippen MR) is 67.3 cm³/mol. The molecular weight excluding hydrogens is 258 g/mol. The highest BCUT2D eigenvalue weighted by Gasteiger charge is 2.17. The Labute approximate surface area is 111 Å². The molecule has 1 aromatic rings. The highest BCUT2D eigenvalue weighted by Crippen LogP contribution is 2.28. The number of amides is 1. The maximum absolute atomic E-state index is 10.9. The Morgan fingerprint density at radius 3 is 2.78 bits per heavy atom. The molecule has 0 aliphatic carbocycles. The van der Waals surface area contributed by atoms with Gasteiger partial charge in [-0.2, -0.15) is 0 Å². The van der Waals surface area contributed by atoms with Crippen molar-refractivity contribution in [3.05, 3.63) is 34.9 Å². The number of benzene rings is 1. The second kappa shape index (κ2) is 7.92. The first-order valence-corrected chi connectivity index (χ1v) is 5.80. The van der Waals surface area contributed by atoms with Gasteiger partial charge in [0, 0.05) is 24.1 Å². The summed E-state index contributed by atoms with van der Waals surface area (Å²) < 4.78 is 14.9. The van der Waals surface area contributed by atoms with Crippen molar-refractivity contribution >= 4 is 17.7 Å². The van der Waals surface area contributed by atoms with Crippen LogP contribution >= 0.6 is 11.6 Å². The standard InChI is InChI=1S/C12H16ClNO4/c1-16-8-17-7-6-11(18-12(14)15)9-4-2-3-5-10(9)13/h2-5,11H,6-8H2,1H3,(H2,14,15). The van der Waals surface area contributed by atoms with Gasteiger partial charge in [-0.05, 0) is 6.07 Å². The molecule has 18 heavy (non-hydrogen) atoms. The normalized spacial score (nSPS) is 12.1. The first kappa shape index (κ1) is 14.8. The van der Waals surface area contributed by atoms with Gasteiger partial charge in [0.15, 0.2) is 0 Å². The Morgan fingerprint density at radius 1 is 1.44 bits per heavy atom. The second-order valence-corrected chi connectivity index (χ2v) is 3.96. The molecule has 1 atom stereocenters. The summed E-state index contributed by atoms with van der Waals surface area (Å²) in [6.45, 7) is 0.558. The molecule has 0 spiro atoms. The molecule has 1 rings (SSSR count). The summed E-state index contributed by atoms with van der Waals surface area (Å²) in [6, 6.07) is 7.12. The van der Waals surface area contributed by atoms with Crippen LogP contribution in [0.5, 0.6) is 0 Å². The fourth-order valence-corrected chi connectivity index (χ4v) is 1.74. The number of hydrogen-bond donors (Lipinski definition) is 1. The first-order valence-electron chi connectivity index (χ1n) is 5.42. The van der Waals surface area contributed by atoms with Crippen LogP contribution < -0.4 is 5.73 Å². The second-order valence-electron chi connectivity index (χ2n) is 3.55. The van der Waals surface area contributed by atoms with Crippen LogP contribution in [-0.4, -0.2) is 26.6 Å². The van der Waals surface area contributed by atoms with Crippen molar-refractivity contribution in [2.24, 2.45) is 5.73 Å². The largest absolute Gasteiger partial charge is 0.441 e. The van der Waals surface area contributed by atoms with Gasteiger partial charge in [-0.1, -0.05) is 29.8 Å². The van der Waals surface area contributed by atoms with E-state index in [0.29, 0.717) is 23.6 Å². The van der Waals surface area contributed by atoms with Crippen LogP contribution in [0.15, 0.2) is 24.3 Å². The molecule has 1 amide bonds. The molecule has 100 valence electrons. The van der Waals surface area contributed by atoms with Crippen LogP contribution in [0.3, 0.4) is 0 Å². The van der Waals surface area contributed by atoms with Gasteiger partial charge < -0.3 is 19.9 Å². The maximum atomic E-state index is 10.9. The summed E-state index contributed by atoms with van der Waals surface area (Å²) in [5.41, 5.74) is 5.75. The monoisotopic (exact) mass is 273 g/mol. The molecule has 5 nitrogen and oxygen atoms in total. The average molecular weight is 274 g/mol. The molecule has 1 aromatic carbocycles. The number of hydrogen-bond acceptors (Lipinski definition) is 4. The van der Waals surface area contributed by atoms with Crippen molar-refractivity contribution in [1.82, 2.24) is 0 Å². The summed E-state index contributed by atoms with van der Waals surface area (Å²) in [5.74, 6) is 0. The maximum Gasteiger partial charge on any atom is 0.405 e. The smallest absolute Gasteiger partial charge is 0.405 e. The van der Waals surface area contributed by atoms with Crippen LogP contribution in [0.1, 0.15) is 18.1 Å². The molecular formula is C12H16ClNO4. The van der Waals surface area contributed by atoms with Crippen molar-refractivity contribution in [2.75, 3.05) is 20.5 Å². The lowest BCUT2D eigenvalue weighted by atomic mass is 10.1. The van der Waals surface area contributed by atoms with E-state index in [2.05, 4.69) is 0 Å². The van der Waals surface area contributed by atoms with Gasteiger partial charge in [-0.15, -0.1) is 0 Å². The number of carbonyl (C=O) groups excluding carboxylic acids is 1. The van der Waals surface area contributed by atoms with Crippen LogP contribution in [0, 0.1) is 0 Å². The number of nitrogens with two attached hydrogens (primary N) is 1. The van der Waals surface area contributed by atoms with Crippen LogP contribution in [0.25, 0.3) is 0 Å². The quantitative estimate of drug-likeness (QED) is 0.612. The molecule has 6 heteroatoms. The summed E-state index contributed by atoms with van der Waals surface area (Å²) in [5, 5.41) is 0.524. The molecule has 0 aliphatic rings. The van der Waals surface area contributed by atoms with Gasteiger partial charge in [0.2, 0.25) is 0 Å². The zero-order valence-corrected chi connectivity index (χ0v) is 10.9. The van der Waals surface area contributed by atoms with E-state index in [1.54, 1.807) is 18.2 Å². The summed E-state index contributed by atoms with van der Waals surface area (Å²) in [4.78, 5) is 10.9. The number of methoxy groups -OCH3 is 1. The Bertz CT molecular complexity index is 386. The SMILES string of the molecule is COCOCCC(OC(N)=O)c1ccccc1Cl. The number of ether oxygens (including phenoxy) is 3. The molecule has 0 aromatic heterocycles. The third-order valence-electron chi connectivity index (χ3n) is 2.24. The van der Waals surface area contributed by atoms with Crippen LogP contribution in [-0.2, 0) is 14.2 Å². The van der Waals surface area contributed by atoms with Crippen molar-refractivity contribution in [2.45, 2.75) is 12.5 Å². The lowest BCUT2D eigenvalue weighted by molar-refractivity contribution is -0.0407. The Kier molecular flexibility index (Phi) is 6.49. The fraction of sp³-hybridized carbons (Fsp3) is 0.417. The Balaban J connectivity index is 2.66. The number of rotatable bonds is 7. The van der Waals surface area contributed by atoms with Crippen LogP contribution in [0.4, 0.5) is 4.79 Å². The summed E-state index contributed by atoms with van der Waals surface area (Å²) >= 11 is 6.04. The van der Waals surface area contributed by atoms with E-state index in [1.165, 1.54) is 7.11 Å². The van der Waals surface area contributed by atoms with Gasteiger partial charge in [-0.25, -0.2) is 4.79 Å². The predicted octanol–water partition coefficient (Wildman–Crippen LogP) is 2.49. The Hall–Kier alpha value is -1.30. The number of carbonyl (C=O) groups is 1. The highest BCUT2D eigenvalue weighted by molar-refractivity contribution is 6.31. The van der Waals surface area contributed by atoms with Crippen LogP contribution in [0.2, 0.25) is 5.02 Å². The number of halogens is 1. The van der Waals surface area contributed by atoms with Gasteiger partial charge in [0.25, 0.3) is 0 Å². The molecule has 2 N–H and O–H groups in total. The molecule has 0 heterocycles. The lowest BCUT2D eigenvalue weighted by Crippen LogP contribution is -2.19. The lowest BCUT2D eigenvalue weighted by Gasteiger charge is -2.18. The minimum atomic E-state index is -0.841. The molecule has 0 radical (unpaired) electrons. The van der Waals surface area contributed by atoms with E-state index in [9.17, 15) is 4.79 Å². The zero-order chi connectivity index (χ0) is 13.4. The van der Waals surface area contributed by atoms with Gasteiger partial charge in [0.05, 0.1) is 6.61 Å². The number of primary amides is 1. The zero-order valence-electron chi connectivity index (χ0n) is 10.1. The van der Waals surface area contributed by atoms with Gasteiger partial charge in [-0.3, -0.25) is 0 Å².